The van der Waals surface area contributed by atoms with E-state index >= 15 is 0 Å². The fraction of sp³-hybridized carbons (Fsp3) is 1.00. The van der Waals surface area contributed by atoms with E-state index in [2.05, 4.69) is 26.1 Å². The van der Waals surface area contributed by atoms with Crippen LogP contribution in [0.15, 0.2) is 0 Å². The fourth-order valence-electron chi connectivity index (χ4n) is 1.94. The highest BCUT2D eigenvalue weighted by molar-refractivity contribution is 4.83. The van der Waals surface area contributed by atoms with E-state index in [4.69, 9.17) is 4.74 Å². The molecule has 1 saturated carbocycles. The van der Waals surface area contributed by atoms with E-state index in [-0.39, 0.29) is 0 Å². The summed E-state index contributed by atoms with van der Waals surface area (Å²) in [6.45, 7) is 8.55. The monoisotopic (exact) mass is 185 g/mol. The highest BCUT2D eigenvalue weighted by atomic mass is 16.5. The normalized spacial score (nSPS) is 28.6. The van der Waals surface area contributed by atoms with Crippen molar-refractivity contribution in [2.75, 3.05) is 13.2 Å². The minimum Gasteiger partial charge on any atom is -0.376 e. The molecule has 2 unspecified atom stereocenters. The molecule has 0 heterocycles. The van der Waals surface area contributed by atoms with Crippen LogP contribution in [-0.2, 0) is 4.74 Å². The lowest BCUT2D eigenvalue weighted by molar-refractivity contribution is 0.0245. The van der Waals surface area contributed by atoms with Crippen LogP contribution >= 0.6 is 0 Å². The van der Waals surface area contributed by atoms with E-state index in [1.165, 1.54) is 19.3 Å². The summed E-state index contributed by atoms with van der Waals surface area (Å²) in [5.41, 5.74) is 0. The molecule has 2 atom stereocenters. The lowest BCUT2D eigenvalue weighted by Gasteiger charge is -2.21. The third-order valence-corrected chi connectivity index (χ3v) is 2.56. The summed E-state index contributed by atoms with van der Waals surface area (Å²) in [5.74, 6) is 0.655. The minimum absolute atomic E-state index is 0.474. The molecule has 1 aliphatic carbocycles. The number of ether oxygens (including phenoxy) is 1. The van der Waals surface area contributed by atoms with Crippen molar-refractivity contribution in [3.8, 4) is 0 Å². The molecule has 78 valence electrons. The molecule has 1 aliphatic rings. The molecule has 13 heavy (non-hydrogen) atoms. The first kappa shape index (κ1) is 11.0. The summed E-state index contributed by atoms with van der Waals surface area (Å²) in [6.07, 6.45) is 4.32. The summed E-state index contributed by atoms with van der Waals surface area (Å²) in [4.78, 5) is 0. The third kappa shape index (κ3) is 3.65. The summed E-state index contributed by atoms with van der Waals surface area (Å²) in [7, 11) is 0. The number of hydrogen-bond donors (Lipinski definition) is 1. The van der Waals surface area contributed by atoms with Crippen LogP contribution in [0.5, 0.6) is 0 Å². The van der Waals surface area contributed by atoms with E-state index in [0.717, 1.165) is 13.2 Å². The van der Waals surface area contributed by atoms with Crippen LogP contribution in [-0.4, -0.2) is 25.3 Å². The van der Waals surface area contributed by atoms with Gasteiger partial charge in [-0.05, 0) is 31.7 Å². The van der Waals surface area contributed by atoms with Gasteiger partial charge in [0.1, 0.15) is 0 Å². The van der Waals surface area contributed by atoms with Gasteiger partial charge in [0, 0.05) is 12.6 Å². The van der Waals surface area contributed by atoms with E-state index in [0.29, 0.717) is 18.1 Å². The first-order valence-electron chi connectivity index (χ1n) is 5.59. The van der Waals surface area contributed by atoms with Crippen LogP contribution in [0.4, 0.5) is 0 Å². The fourth-order valence-corrected chi connectivity index (χ4v) is 1.94. The number of rotatable bonds is 5. The van der Waals surface area contributed by atoms with Gasteiger partial charge >= 0.3 is 0 Å². The zero-order chi connectivity index (χ0) is 9.68. The third-order valence-electron chi connectivity index (χ3n) is 2.56. The Morgan fingerprint density at radius 2 is 2.15 bits per heavy atom. The molecule has 2 nitrogen and oxygen atoms in total. The van der Waals surface area contributed by atoms with Gasteiger partial charge in [0.05, 0.1) is 6.10 Å². The van der Waals surface area contributed by atoms with Crippen LogP contribution in [0.2, 0.25) is 0 Å². The quantitative estimate of drug-likeness (QED) is 0.709. The van der Waals surface area contributed by atoms with Crippen LogP contribution < -0.4 is 5.32 Å². The van der Waals surface area contributed by atoms with Crippen molar-refractivity contribution in [3.63, 3.8) is 0 Å². The average Bonchev–Trinajstić information content (AvgIpc) is 2.49. The van der Waals surface area contributed by atoms with Crippen molar-refractivity contribution in [2.24, 2.45) is 5.92 Å². The van der Waals surface area contributed by atoms with Crippen molar-refractivity contribution < 1.29 is 4.74 Å². The second kappa shape index (κ2) is 5.61. The first-order chi connectivity index (χ1) is 6.24. The summed E-state index contributed by atoms with van der Waals surface area (Å²) >= 11 is 0. The average molecular weight is 185 g/mol. The molecule has 1 N–H and O–H groups in total. The minimum atomic E-state index is 0.474. The van der Waals surface area contributed by atoms with Crippen molar-refractivity contribution in [3.05, 3.63) is 0 Å². The van der Waals surface area contributed by atoms with Crippen LogP contribution in [0, 0.1) is 5.92 Å². The van der Waals surface area contributed by atoms with Crippen molar-refractivity contribution in [1.82, 2.24) is 5.32 Å². The Kier molecular flexibility index (Phi) is 4.74. The molecule has 0 aromatic rings. The van der Waals surface area contributed by atoms with Crippen molar-refractivity contribution in [1.29, 1.82) is 0 Å². The summed E-state index contributed by atoms with van der Waals surface area (Å²) in [6, 6.07) is 0.615. The summed E-state index contributed by atoms with van der Waals surface area (Å²) < 4.78 is 5.87. The van der Waals surface area contributed by atoms with Crippen molar-refractivity contribution in [2.45, 2.75) is 52.2 Å². The van der Waals surface area contributed by atoms with Crippen LogP contribution in [0.3, 0.4) is 0 Å². The molecule has 0 aliphatic heterocycles. The van der Waals surface area contributed by atoms with Gasteiger partial charge in [0.15, 0.2) is 0 Å². The maximum Gasteiger partial charge on any atom is 0.0728 e. The van der Waals surface area contributed by atoms with E-state index in [1.54, 1.807) is 0 Å². The molecule has 0 spiro atoms. The highest BCUT2D eigenvalue weighted by Crippen LogP contribution is 2.22. The SMILES string of the molecule is CCNC1CCCC1OCC(C)C. The molecule has 0 bridgehead atoms. The predicted molar refractivity (Wildman–Crippen MR) is 55.9 cm³/mol. The Hall–Kier alpha value is -0.0800. The zero-order valence-electron chi connectivity index (χ0n) is 9.18. The number of likely N-dealkylation sites (N-methyl/N-ethyl adjacent to an activating group) is 1. The predicted octanol–water partition coefficient (Wildman–Crippen LogP) is 2.19. The van der Waals surface area contributed by atoms with Gasteiger partial charge in [-0.2, -0.15) is 0 Å². The second-order valence-corrected chi connectivity index (χ2v) is 4.36. The van der Waals surface area contributed by atoms with Gasteiger partial charge < -0.3 is 10.1 Å². The molecule has 1 fully saturated rings. The maximum atomic E-state index is 5.87. The molecule has 0 amide bonds. The van der Waals surface area contributed by atoms with Crippen LogP contribution in [0.25, 0.3) is 0 Å². The molecule has 0 radical (unpaired) electrons. The number of nitrogens with one attached hydrogen (secondary N) is 1. The molecule has 0 aromatic carbocycles. The van der Waals surface area contributed by atoms with Gasteiger partial charge in [-0.3, -0.25) is 0 Å². The van der Waals surface area contributed by atoms with E-state index < -0.39 is 0 Å². The molecular weight excluding hydrogens is 162 g/mol. The van der Waals surface area contributed by atoms with Gasteiger partial charge in [-0.25, -0.2) is 0 Å². The highest BCUT2D eigenvalue weighted by Gasteiger charge is 2.26. The molecule has 1 rings (SSSR count). The number of hydrogen-bond acceptors (Lipinski definition) is 2. The topological polar surface area (TPSA) is 21.3 Å². The second-order valence-electron chi connectivity index (χ2n) is 4.36. The lowest BCUT2D eigenvalue weighted by Crippen LogP contribution is -2.37. The Morgan fingerprint density at radius 3 is 2.77 bits per heavy atom. The molecule has 2 heteroatoms. The lowest BCUT2D eigenvalue weighted by atomic mass is 10.2. The molecule has 0 aromatic heterocycles. The first-order valence-corrected chi connectivity index (χ1v) is 5.59. The van der Waals surface area contributed by atoms with Gasteiger partial charge in [-0.1, -0.05) is 20.8 Å². The summed E-state index contributed by atoms with van der Waals surface area (Å²) in [5, 5.41) is 3.49. The van der Waals surface area contributed by atoms with Gasteiger partial charge in [-0.15, -0.1) is 0 Å². The van der Waals surface area contributed by atoms with E-state index in [1.807, 2.05) is 0 Å². The molecular formula is C11H23NO. The Morgan fingerprint density at radius 1 is 1.38 bits per heavy atom. The van der Waals surface area contributed by atoms with Crippen molar-refractivity contribution >= 4 is 0 Å². The largest absolute Gasteiger partial charge is 0.376 e. The standard InChI is InChI=1S/C11H23NO/c1-4-12-10-6-5-7-11(10)13-8-9(2)3/h9-12H,4-8H2,1-3H3. The van der Waals surface area contributed by atoms with Crippen LogP contribution in [0.1, 0.15) is 40.0 Å². The Balaban J connectivity index is 2.22. The Labute approximate surface area is 82.0 Å². The van der Waals surface area contributed by atoms with Gasteiger partial charge in [0.2, 0.25) is 0 Å². The zero-order valence-corrected chi connectivity index (χ0v) is 9.18. The Bertz CT molecular complexity index is 136. The molecule has 0 saturated heterocycles. The maximum absolute atomic E-state index is 5.87. The van der Waals surface area contributed by atoms with Gasteiger partial charge in [0.25, 0.3) is 0 Å². The smallest absolute Gasteiger partial charge is 0.0728 e. The van der Waals surface area contributed by atoms with E-state index in [9.17, 15) is 0 Å².